The van der Waals surface area contributed by atoms with Gasteiger partial charge < -0.3 is 5.73 Å². The third-order valence-corrected chi connectivity index (χ3v) is 1.97. The van der Waals surface area contributed by atoms with E-state index in [9.17, 15) is 9.59 Å². The molecule has 0 spiro atoms. The summed E-state index contributed by atoms with van der Waals surface area (Å²) in [5, 5.41) is 1.56. The van der Waals surface area contributed by atoms with Gasteiger partial charge in [0, 0.05) is 24.8 Å². The second-order valence-electron chi connectivity index (χ2n) is 3.18. The fraction of sp³-hybridized carbons (Fsp3) is 0.200. The van der Waals surface area contributed by atoms with Crippen LogP contribution in [0.2, 0.25) is 0 Å². The van der Waals surface area contributed by atoms with Gasteiger partial charge in [-0.05, 0) is 23.8 Å². The fourth-order valence-electron chi connectivity index (χ4n) is 1.27. The largest absolute Gasteiger partial charge is 0.399 e. The number of nitrogen functional groups attached to an aromatic ring is 1. The minimum absolute atomic E-state index is 0.428. The van der Waals surface area contributed by atoms with Crippen LogP contribution < -0.4 is 11.2 Å². The van der Waals surface area contributed by atoms with Gasteiger partial charge in [0.25, 0.3) is 0 Å². The lowest BCUT2D eigenvalue weighted by atomic mass is 10.1. The summed E-state index contributed by atoms with van der Waals surface area (Å²) in [7, 11) is 1.70. The summed E-state index contributed by atoms with van der Waals surface area (Å²) in [6.45, 7) is 0.428. The summed E-state index contributed by atoms with van der Waals surface area (Å²) >= 11 is 0. The Morgan fingerprint density at radius 1 is 1.47 bits per heavy atom. The molecule has 15 heavy (non-hydrogen) atoms. The number of hydrogen-bond donors (Lipinski definition) is 2. The lowest BCUT2D eigenvalue weighted by molar-refractivity contribution is -0.113. The first kappa shape index (κ1) is 11.2. The number of carbonyl (C=O) groups excluding carboxylic acids is 2. The molecule has 0 aliphatic carbocycles. The number of hydrazine groups is 1. The van der Waals surface area contributed by atoms with E-state index in [4.69, 9.17) is 5.73 Å². The Labute approximate surface area is 87.8 Å². The standard InChI is InChI=1S/C10H13N3O2/c1-13(12-7-15)5-9-4-10(11)3-2-8(9)6-14/h2-4,6-7H,5,11H2,1H3,(H,12,15). The quantitative estimate of drug-likeness (QED) is 0.410. The van der Waals surface area contributed by atoms with Gasteiger partial charge in [0.15, 0.2) is 0 Å². The summed E-state index contributed by atoms with van der Waals surface area (Å²) in [5.41, 5.74) is 10.0. The van der Waals surface area contributed by atoms with E-state index in [-0.39, 0.29) is 0 Å². The highest BCUT2D eigenvalue weighted by molar-refractivity contribution is 5.78. The molecule has 5 heteroatoms. The number of aldehydes is 1. The third-order valence-electron chi connectivity index (χ3n) is 1.97. The molecule has 80 valence electrons. The average Bonchev–Trinajstić information content (AvgIpc) is 2.18. The second kappa shape index (κ2) is 5.11. The molecule has 0 aliphatic rings. The molecule has 0 saturated heterocycles. The number of carbonyl (C=O) groups is 2. The predicted molar refractivity (Wildman–Crippen MR) is 56.9 cm³/mol. The van der Waals surface area contributed by atoms with Crippen molar-refractivity contribution in [3.05, 3.63) is 29.3 Å². The maximum atomic E-state index is 10.7. The Morgan fingerprint density at radius 2 is 2.20 bits per heavy atom. The summed E-state index contributed by atoms with van der Waals surface area (Å²) in [4.78, 5) is 20.9. The molecule has 0 bridgehead atoms. The Hall–Kier alpha value is -1.88. The molecule has 1 rings (SSSR count). The number of nitrogens with one attached hydrogen (secondary N) is 1. The van der Waals surface area contributed by atoms with Crippen LogP contribution >= 0.6 is 0 Å². The van der Waals surface area contributed by atoms with Crippen LogP contribution in [-0.2, 0) is 11.3 Å². The maximum absolute atomic E-state index is 10.7. The first-order valence-electron chi connectivity index (χ1n) is 4.42. The smallest absolute Gasteiger partial charge is 0.221 e. The van der Waals surface area contributed by atoms with Crippen LogP contribution in [0.25, 0.3) is 0 Å². The van der Waals surface area contributed by atoms with Crippen LogP contribution in [0.15, 0.2) is 18.2 Å². The SMILES string of the molecule is CN(Cc1cc(N)ccc1C=O)NC=O. The van der Waals surface area contributed by atoms with E-state index >= 15 is 0 Å². The van der Waals surface area contributed by atoms with Crippen LogP contribution in [0, 0.1) is 0 Å². The van der Waals surface area contributed by atoms with Crippen molar-refractivity contribution < 1.29 is 9.59 Å². The Morgan fingerprint density at radius 3 is 2.80 bits per heavy atom. The highest BCUT2D eigenvalue weighted by Gasteiger charge is 2.05. The van der Waals surface area contributed by atoms with Crippen molar-refractivity contribution in [2.45, 2.75) is 6.54 Å². The molecule has 0 atom stereocenters. The molecule has 0 aliphatic heterocycles. The first-order valence-corrected chi connectivity index (χ1v) is 4.42. The zero-order chi connectivity index (χ0) is 11.3. The number of nitrogens with zero attached hydrogens (tertiary/aromatic N) is 1. The van der Waals surface area contributed by atoms with Gasteiger partial charge in [0.1, 0.15) is 6.29 Å². The van der Waals surface area contributed by atoms with Crippen molar-refractivity contribution in [2.24, 2.45) is 0 Å². The van der Waals surface area contributed by atoms with Gasteiger partial charge in [-0.3, -0.25) is 15.0 Å². The van der Waals surface area contributed by atoms with Crippen LogP contribution in [0.1, 0.15) is 15.9 Å². The Kier molecular flexibility index (Phi) is 3.82. The van der Waals surface area contributed by atoms with Crippen molar-refractivity contribution in [1.82, 2.24) is 10.4 Å². The van der Waals surface area contributed by atoms with Crippen molar-refractivity contribution in [1.29, 1.82) is 0 Å². The van der Waals surface area contributed by atoms with Gasteiger partial charge >= 0.3 is 0 Å². The lowest BCUT2D eigenvalue weighted by Crippen LogP contribution is -2.32. The number of amides is 1. The maximum Gasteiger partial charge on any atom is 0.221 e. The highest BCUT2D eigenvalue weighted by atomic mass is 16.1. The molecular weight excluding hydrogens is 194 g/mol. The van der Waals surface area contributed by atoms with Crippen LogP contribution in [0.4, 0.5) is 5.69 Å². The molecule has 3 N–H and O–H groups in total. The minimum atomic E-state index is 0.428. The fourth-order valence-corrected chi connectivity index (χ4v) is 1.27. The molecule has 0 aromatic heterocycles. The first-order chi connectivity index (χ1) is 7.17. The Balaban J connectivity index is 2.86. The third kappa shape index (κ3) is 3.07. The molecule has 0 heterocycles. The molecule has 1 amide bonds. The van der Waals surface area contributed by atoms with Gasteiger partial charge in [-0.25, -0.2) is 5.01 Å². The summed E-state index contributed by atoms with van der Waals surface area (Å²) in [6, 6.07) is 5.04. The van der Waals surface area contributed by atoms with Gasteiger partial charge in [-0.1, -0.05) is 0 Å². The summed E-state index contributed by atoms with van der Waals surface area (Å²) < 4.78 is 0. The van der Waals surface area contributed by atoms with Gasteiger partial charge in [-0.15, -0.1) is 0 Å². The van der Waals surface area contributed by atoms with E-state index < -0.39 is 0 Å². The van der Waals surface area contributed by atoms with Crippen molar-refractivity contribution in [2.75, 3.05) is 12.8 Å². The summed E-state index contributed by atoms with van der Waals surface area (Å²) in [5.74, 6) is 0. The van der Waals surface area contributed by atoms with E-state index in [2.05, 4.69) is 5.43 Å². The van der Waals surface area contributed by atoms with E-state index in [1.165, 1.54) is 0 Å². The number of anilines is 1. The van der Waals surface area contributed by atoms with Crippen LogP contribution in [0.3, 0.4) is 0 Å². The van der Waals surface area contributed by atoms with Crippen LogP contribution in [-0.4, -0.2) is 24.8 Å². The zero-order valence-corrected chi connectivity index (χ0v) is 8.43. The van der Waals surface area contributed by atoms with Gasteiger partial charge in [-0.2, -0.15) is 0 Å². The van der Waals surface area contributed by atoms with Crippen molar-refractivity contribution in [3.8, 4) is 0 Å². The normalized spacial score (nSPS) is 10.0. The highest BCUT2D eigenvalue weighted by Crippen LogP contribution is 2.13. The van der Waals surface area contributed by atoms with E-state index in [0.29, 0.717) is 24.2 Å². The lowest BCUT2D eigenvalue weighted by Gasteiger charge is -2.16. The molecule has 0 saturated carbocycles. The topological polar surface area (TPSA) is 75.4 Å². The van der Waals surface area contributed by atoms with Crippen molar-refractivity contribution >= 4 is 18.4 Å². The van der Waals surface area contributed by atoms with E-state index in [1.807, 2.05) is 0 Å². The predicted octanol–water partition coefficient (Wildman–Crippen LogP) is 0.174. The molecule has 0 radical (unpaired) electrons. The second-order valence-corrected chi connectivity index (χ2v) is 3.18. The number of benzene rings is 1. The monoisotopic (exact) mass is 207 g/mol. The number of rotatable bonds is 5. The zero-order valence-electron chi connectivity index (χ0n) is 8.43. The molecule has 1 aromatic rings. The Bertz CT molecular complexity index is 366. The molecule has 5 nitrogen and oxygen atoms in total. The minimum Gasteiger partial charge on any atom is -0.399 e. The summed E-state index contributed by atoms with van der Waals surface area (Å²) in [6.07, 6.45) is 1.34. The molecule has 0 unspecified atom stereocenters. The van der Waals surface area contributed by atoms with E-state index in [0.717, 1.165) is 11.8 Å². The molecular formula is C10H13N3O2. The van der Waals surface area contributed by atoms with E-state index in [1.54, 1.807) is 30.3 Å². The number of hydrogen-bond acceptors (Lipinski definition) is 4. The van der Waals surface area contributed by atoms with Gasteiger partial charge in [0.05, 0.1) is 0 Å². The average molecular weight is 207 g/mol. The molecule has 1 aromatic carbocycles. The number of nitrogens with two attached hydrogens (primary N) is 1. The van der Waals surface area contributed by atoms with Crippen molar-refractivity contribution in [3.63, 3.8) is 0 Å². The van der Waals surface area contributed by atoms with Crippen LogP contribution in [0.5, 0.6) is 0 Å². The molecule has 0 fully saturated rings. The van der Waals surface area contributed by atoms with Gasteiger partial charge in [0.2, 0.25) is 6.41 Å².